The number of hydrogen-bond donors (Lipinski definition) is 1. The second-order valence-corrected chi connectivity index (χ2v) is 4.40. The lowest BCUT2D eigenvalue weighted by Gasteiger charge is -2.18. The number of nitrogens with zero attached hydrogens (tertiary/aromatic N) is 1. The lowest BCUT2D eigenvalue weighted by atomic mass is 10.2. The molecule has 1 aromatic rings. The molecule has 0 saturated heterocycles. The number of rotatable bonds is 4. The molecule has 0 radical (unpaired) electrons. The highest BCUT2D eigenvalue weighted by Crippen LogP contribution is 2.23. The van der Waals surface area contributed by atoms with E-state index in [4.69, 9.17) is 0 Å². The highest BCUT2D eigenvalue weighted by atomic mass is 79.9. The van der Waals surface area contributed by atoms with E-state index in [0.29, 0.717) is 0 Å². The number of halogens is 1. The van der Waals surface area contributed by atoms with Crippen LogP contribution in [0.2, 0.25) is 0 Å². The van der Waals surface area contributed by atoms with Crippen LogP contribution in [0.1, 0.15) is 0 Å². The molecule has 0 fully saturated rings. The normalized spacial score (nSPS) is 9.64. The Morgan fingerprint density at radius 1 is 1.43 bits per heavy atom. The van der Waals surface area contributed by atoms with Crippen LogP contribution in [-0.2, 0) is 0 Å². The number of hydrogen-bond acceptors (Lipinski definition) is 2. The molecular formula is C11H15BrN2. The molecule has 76 valence electrons. The van der Waals surface area contributed by atoms with E-state index in [9.17, 15) is 0 Å². The maximum Gasteiger partial charge on any atom is 0.0596 e. The third-order valence-corrected chi connectivity index (χ3v) is 2.14. The van der Waals surface area contributed by atoms with E-state index in [1.165, 1.54) is 5.69 Å². The Labute approximate surface area is 93.7 Å². The topological polar surface area (TPSA) is 15.3 Å². The third-order valence-electron chi connectivity index (χ3n) is 1.86. The lowest BCUT2D eigenvalue weighted by molar-refractivity contribution is 1.13. The summed E-state index contributed by atoms with van der Waals surface area (Å²) in [6.45, 7) is 4.53. The van der Waals surface area contributed by atoms with Crippen LogP contribution in [0.25, 0.3) is 0 Å². The number of anilines is 2. The fraction of sp³-hybridized carbons (Fsp3) is 0.273. The summed E-state index contributed by atoms with van der Waals surface area (Å²) in [4.78, 5) is 2.08. The van der Waals surface area contributed by atoms with Gasteiger partial charge in [0.25, 0.3) is 0 Å². The molecule has 0 aromatic heterocycles. The first kappa shape index (κ1) is 11.1. The van der Waals surface area contributed by atoms with Gasteiger partial charge >= 0.3 is 0 Å². The minimum Gasteiger partial charge on any atom is -0.379 e. The SMILES string of the molecule is C=C(Br)CNc1ccccc1N(C)C. The smallest absolute Gasteiger partial charge is 0.0596 e. The molecule has 2 nitrogen and oxygen atoms in total. The van der Waals surface area contributed by atoms with Crippen molar-refractivity contribution in [3.8, 4) is 0 Å². The summed E-state index contributed by atoms with van der Waals surface area (Å²) in [6.07, 6.45) is 0. The molecular weight excluding hydrogens is 240 g/mol. The first-order valence-corrected chi connectivity index (χ1v) is 5.24. The molecule has 14 heavy (non-hydrogen) atoms. The Bertz CT molecular complexity index is 321. The molecule has 0 heterocycles. The van der Waals surface area contributed by atoms with Crippen LogP contribution in [0.3, 0.4) is 0 Å². The average molecular weight is 255 g/mol. The van der Waals surface area contributed by atoms with Crippen molar-refractivity contribution in [1.82, 2.24) is 0 Å². The largest absolute Gasteiger partial charge is 0.379 e. The maximum atomic E-state index is 3.79. The highest BCUT2D eigenvalue weighted by Gasteiger charge is 2.01. The Hall–Kier alpha value is -0.960. The van der Waals surface area contributed by atoms with Crippen LogP contribution in [0.5, 0.6) is 0 Å². The van der Waals surface area contributed by atoms with Crippen molar-refractivity contribution in [2.24, 2.45) is 0 Å². The van der Waals surface area contributed by atoms with Crippen LogP contribution in [0, 0.1) is 0 Å². The van der Waals surface area contributed by atoms with Gasteiger partial charge in [0, 0.05) is 25.1 Å². The standard InChI is InChI=1S/C11H15BrN2/c1-9(12)8-13-10-6-4-5-7-11(10)14(2)3/h4-7,13H,1,8H2,2-3H3. The van der Waals surface area contributed by atoms with Gasteiger partial charge in [0.2, 0.25) is 0 Å². The molecule has 1 N–H and O–H groups in total. The molecule has 0 bridgehead atoms. The summed E-state index contributed by atoms with van der Waals surface area (Å²) in [7, 11) is 4.06. The summed E-state index contributed by atoms with van der Waals surface area (Å²) < 4.78 is 0.950. The quantitative estimate of drug-likeness (QED) is 0.889. The minimum atomic E-state index is 0.741. The zero-order valence-corrected chi connectivity index (χ0v) is 10.1. The van der Waals surface area contributed by atoms with Crippen LogP contribution in [0.4, 0.5) is 11.4 Å². The molecule has 0 amide bonds. The molecule has 0 atom stereocenters. The highest BCUT2D eigenvalue weighted by molar-refractivity contribution is 9.11. The van der Waals surface area contributed by atoms with E-state index < -0.39 is 0 Å². The van der Waals surface area contributed by atoms with Gasteiger partial charge in [-0.1, -0.05) is 34.6 Å². The zero-order valence-electron chi connectivity index (χ0n) is 8.55. The van der Waals surface area contributed by atoms with Crippen molar-refractivity contribution in [1.29, 1.82) is 0 Å². The van der Waals surface area contributed by atoms with Gasteiger partial charge in [-0.3, -0.25) is 0 Å². The van der Waals surface area contributed by atoms with Crippen LogP contribution >= 0.6 is 15.9 Å². The molecule has 3 heteroatoms. The van der Waals surface area contributed by atoms with E-state index in [0.717, 1.165) is 16.7 Å². The molecule has 0 saturated carbocycles. The Morgan fingerprint density at radius 3 is 2.64 bits per heavy atom. The lowest BCUT2D eigenvalue weighted by Crippen LogP contribution is -2.12. The molecule has 0 aliphatic carbocycles. The Balaban J connectivity index is 2.79. The van der Waals surface area contributed by atoms with Crippen molar-refractivity contribution < 1.29 is 0 Å². The van der Waals surface area contributed by atoms with E-state index in [-0.39, 0.29) is 0 Å². The van der Waals surface area contributed by atoms with Gasteiger partial charge in [-0.05, 0) is 12.1 Å². The van der Waals surface area contributed by atoms with Gasteiger partial charge in [0.1, 0.15) is 0 Å². The summed E-state index contributed by atoms with van der Waals surface area (Å²) in [5.74, 6) is 0. The van der Waals surface area contributed by atoms with Crippen LogP contribution in [0.15, 0.2) is 35.3 Å². The van der Waals surface area contributed by atoms with Crippen molar-refractivity contribution in [3.63, 3.8) is 0 Å². The van der Waals surface area contributed by atoms with Crippen LogP contribution < -0.4 is 10.2 Å². The predicted molar refractivity (Wildman–Crippen MR) is 67.3 cm³/mol. The second-order valence-electron chi connectivity index (χ2n) is 3.28. The van der Waals surface area contributed by atoms with Crippen molar-refractivity contribution in [2.75, 3.05) is 30.9 Å². The second kappa shape index (κ2) is 5.05. The van der Waals surface area contributed by atoms with Gasteiger partial charge in [0.05, 0.1) is 11.4 Å². The molecule has 0 spiro atoms. The summed E-state index contributed by atoms with van der Waals surface area (Å²) >= 11 is 3.32. The van der Waals surface area contributed by atoms with Crippen molar-refractivity contribution in [2.45, 2.75) is 0 Å². The van der Waals surface area contributed by atoms with Gasteiger partial charge < -0.3 is 10.2 Å². The summed E-state index contributed by atoms with van der Waals surface area (Å²) in [5, 5.41) is 3.31. The fourth-order valence-corrected chi connectivity index (χ4v) is 1.34. The molecule has 1 rings (SSSR count). The number of benzene rings is 1. The van der Waals surface area contributed by atoms with E-state index in [1.807, 2.05) is 26.2 Å². The minimum absolute atomic E-state index is 0.741. The Kier molecular flexibility index (Phi) is 4.01. The maximum absolute atomic E-state index is 3.79. The van der Waals surface area contributed by atoms with Gasteiger partial charge in [-0.25, -0.2) is 0 Å². The Morgan fingerprint density at radius 2 is 2.07 bits per heavy atom. The summed E-state index contributed by atoms with van der Waals surface area (Å²) in [6, 6.07) is 8.19. The van der Waals surface area contributed by atoms with Crippen LogP contribution in [-0.4, -0.2) is 20.6 Å². The third kappa shape index (κ3) is 3.07. The molecule has 0 aliphatic heterocycles. The van der Waals surface area contributed by atoms with Gasteiger partial charge in [0.15, 0.2) is 0 Å². The van der Waals surface area contributed by atoms with Crippen molar-refractivity contribution in [3.05, 3.63) is 35.3 Å². The zero-order chi connectivity index (χ0) is 10.6. The van der Waals surface area contributed by atoms with E-state index >= 15 is 0 Å². The average Bonchev–Trinajstić information content (AvgIpc) is 2.15. The summed E-state index contributed by atoms with van der Waals surface area (Å²) in [5.41, 5.74) is 2.30. The van der Waals surface area contributed by atoms with Gasteiger partial charge in [-0.15, -0.1) is 0 Å². The first-order valence-electron chi connectivity index (χ1n) is 4.45. The molecule has 1 aromatic carbocycles. The number of para-hydroxylation sites is 2. The van der Waals surface area contributed by atoms with Crippen molar-refractivity contribution >= 4 is 27.3 Å². The van der Waals surface area contributed by atoms with Gasteiger partial charge in [-0.2, -0.15) is 0 Å². The molecule has 0 unspecified atom stereocenters. The monoisotopic (exact) mass is 254 g/mol. The van der Waals surface area contributed by atoms with E-state index in [2.05, 4.69) is 44.9 Å². The van der Waals surface area contributed by atoms with E-state index in [1.54, 1.807) is 0 Å². The predicted octanol–water partition coefficient (Wildman–Crippen LogP) is 3.07. The number of nitrogens with one attached hydrogen (secondary N) is 1. The molecule has 0 aliphatic rings. The fourth-order valence-electron chi connectivity index (χ4n) is 1.20. The first-order chi connectivity index (χ1) is 6.61.